The molecule has 0 saturated heterocycles. The summed E-state index contributed by atoms with van der Waals surface area (Å²) < 4.78 is 10.9. The van der Waals surface area contributed by atoms with E-state index in [0.717, 1.165) is 16.9 Å². The molecular weight excluding hydrogens is 344 g/mol. The first-order chi connectivity index (χ1) is 12.9. The lowest BCUT2D eigenvalue weighted by Gasteiger charge is -2.21. The molecule has 0 aliphatic heterocycles. The third kappa shape index (κ3) is 4.49. The zero-order valence-corrected chi connectivity index (χ0v) is 16.0. The van der Waals surface area contributed by atoms with E-state index in [1.165, 1.54) is 0 Å². The number of methoxy groups -OCH3 is 1. The number of aldehydes is 1. The number of rotatable bonds is 9. The summed E-state index contributed by atoms with van der Waals surface area (Å²) in [5.74, 6) is 0.0830. The van der Waals surface area contributed by atoms with Gasteiger partial charge in [0, 0.05) is 5.56 Å². The highest BCUT2D eigenvalue weighted by atomic mass is 16.5. The van der Waals surface area contributed by atoms with Gasteiger partial charge in [0.25, 0.3) is 0 Å². The molecule has 0 fully saturated rings. The lowest BCUT2D eigenvalue weighted by molar-refractivity contribution is 0.103. The minimum Gasteiger partial charge on any atom is -0.504 e. The van der Waals surface area contributed by atoms with Crippen molar-refractivity contribution in [3.05, 3.63) is 64.7 Å². The second-order valence-electron chi connectivity index (χ2n) is 6.59. The summed E-state index contributed by atoms with van der Waals surface area (Å²) in [5.41, 5.74) is 2.98. The SMILES string of the molecule is C=CCc1c(COCc2ccc(OC)cc2)c(C=O)c(O)c(O)c1C(C)C. The molecule has 2 rings (SSSR count). The van der Waals surface area contributed by atoms with E-state index in [2.05, 4.69) is 6.58 Å². The van der Waals surface area contributed by atoms with E-state index >= 15 is 0 Å². The van der Waals surface area contributed by atoms with E-state index in [0.29, 0.717) is 30.4 Å². The molecule has 5 nitrogen and oxygen atoms in total. The summed E-state index contributed by atoms with van der Waals surface area (Å²) in [4.78, 5) is 11.6. The molecule has 0 aliphatic carbocycles. The zero-order chi connectivity index (χ0) is 20.0. The molecule has 0 heterocycles. The van der Waals surface area contributed by atoms with E-state index in [4.69, 9.17) is 9.47 Å². The summed E-state index contributed by atoms with van der Waals surface area (Å²) >= 11 is 0. The van der Waals surface area contributed by atoms with Crippen LogP contribution in [0.4, 0.5) is 0 Å². The van der Waals surface area contributed by atoms with Gasteiger partial charge in [-0.05, 0) is 41.2 Å². The highest BCUT2D eigenvalue weighted by Gasteiger charge is 2.24. The molecule has 2 N–H and O–H groups in total. The lowest BCUT2D eigenvalue weighted by atomic mass is 9.87. The average Bonchev–Trinajstić information content (AvgIpc) is 2.66. The zero-order valence-electron chi connectivity index (χ0n) is 16.0. The third-order valence-electron chi connectivity index (χ3n) is 4.47. The van der Waals surface area contributed by atoms with Gasteiger partial charge in [0.1, 0.15) is 5.75 Å². The Balaban J connectivity index is 2.35. The molecule has 0 saturated carbocycles. The van der Waals surface area contributed by atoms with Crippen LogP contribution in [-0.2, 0) is 24.4 Å². The Hall–Kier alpha value is -2.79. The second kappa shape index (κ2) is 9.24. The first-order valence-corrected chi connectivity index (χ1v) is 8.80. The molecule has 0 amide bonds. The third-order valence-corrected chi connectivity index (χ3v) is 4.47. The molecule has 5 heteroatoms. The van der Waals surface area contributed by atoms with Gasteiger partial charge < -0.3 is 19.7 Å². The molecule has 0 aromatic heterocycles. The van der Waals surface area contributed by atoms with Gasteiger partial charge in [0.05, 0.1) is 25.9 Å². The topological polar surface area (TPSA) is 76.0 Å². The Morgan fingerprint density at radius 1 is 1.07 bits per heavy atom. The van der Waals surface area contributed by atoms with Gasteiger partial charge in [0.15, 0.2) is 17.8 Å². The van der Waals surface area contributed by atoms with Gasteiger partial charge in [-0.25, -0.2) is 0 Å². The highest BCUT2D eigenvalue weighted by molar-refractivity contribution is 5.85. The summed E-state index contributed by atoms with van der Waals surface area (Å²) in [6.45, 7) is 8.08. The van der Waals surface area contributed by atoms with E-state index in [1.807, 2.05) is 38.1 Å². The van der Waals surface area contributed by atoms with E-state index in [-0.39, 0.29) is 23.8 Å². The number of ether oxygens (including phenoxy) is 2. The number of phenolic OH excluding ortho intramolecular Hbond substituents is 2. The Morgan fingerprint density at radius 3 is 2.26 bits per heavy atom. The first-order valence-electron chi connectivity index (χ1n) is 8.80. The number of benzene rings is 2. The molecule has 2 aromatic carbocycles. The van der Waals surface area contributed by atoms with Crippen LogP contribution in [-0.4, -0.2) is 23.6 Å². The van der Waals surface area contributed by atoms with Gasteiger partial charge in [-0.3, -0.25) is 4.79 Å². The van der Waals surface area contributed by atoms with Crippen LogP contribution in [0.15, 0.2) is 36.9 Å². The van der Waals surface area contributed by atoms with Crippen molar-refractivity contribution >= 4 is 6.29 Å². The van der Waals surface area contributed by atoms with Crippen LogP contribution >= 0.6 is 0 Å². The monoisotopic (exact) mass is 370 g/mol. The van der Waals surface area contributed by atoms with Crippen LogP contribution in [0.3, 0.4) is 0 Å². The van der Waals surface area contributed by atoms with Crippen molar-refractivity contribution in [2.24, 2.45) is 0 Å². The Kier molecular flexibility index (Phi) is 7.02. The van der Waals surface area contributed by atoms with Crippen LogP contribution < -0.4 is 4.74 Å². The molecule has 0 atom stereocenters. The summed E-state index contributed by atoms with van der Waals surface area (Å²) in [5, 5.41) is 20.7. The first kappa shape index (κ1) is 20.5. The van der Waals surface area contributed by atoms with Crippen LogP contribution in [0.2, 0.25) is 0 Å². The molecule has 0 radical (unpaired) electrons. The van der Waals surface area contributed by atoms with E-state index in [9.17, 15) is 15.0 Å². The quantitative estimate of drug-likeness (QED) is 0.386. The second-order valence-corrected chi connectivity index (χ2v) is 6.59. The Bertz CT molecular complexity index is 807. The van der Waals surface area contributed by atoms with Crippen molar-refractivity contribution in [2.75, 3.05) is 7.11 Å². The number of carbonyl (C=O) groups is 1. The molecule has 2 aromatic rings. The molecule has 27 heavy (non-hydrogen) atoms. The van der Waals surface area contributed by atoms with E-state index < -0.39 is 5.75 Å². The molecule has 0 aliphatic rings. The number of allylic oxidation sites excluding steroid dienone is 1. The normalized spacial score (nSPS) is 10.8. The van der Waals surface area contributed by atoms with Crippen molar-refractivity contribution in [1.29, 1.82) is 0 Å². The predicted octanol–water partition coefficient (Wildman–Crippen LogP) is 4.49. The largest absolute Gasteiger partial charge is 0.504 e. The van der Waals surface area contributed by atoms with Gasteiger partial charge in [-0.1, -0.05) is 32.1 Å². The van der Waals surface area contributed by atoms with Crippen LogP contribution in [0.5, 0.6) is 17.2 Å². The number of phenols is 2. The van der Waals surface area contributed by atoms with Crippen LogP contribution in [0.1, 0.15) is 52.4 Å². The number of aromatic hydroxyl groups is 2. The molecule has 144 valence electrons. The summed E-state index contributed by atoms with van der Waals surface area (Å²) in [6.07, 6.45) is 2.72. The van der Waals surface area contributed by atoms with Crippen molar-refractivity contribution in [3.63, 3.8) is 0 Å². The standard InChI is InChI=1S/C22H26O5/c1-5-6-17-19(13-27-12-15-7-9-16(26-4)10-8-15)18(11-23)21(24)22(25)20(17)14(2)3/h5,7-11,14,24-25H,1,6,12-13H2,2-4H3. The highest BCUT2D eigenvalue weighted by Crippen LogP contribution is 2.42. The van der Waals surface area contributed by atoms with Crippen molar-refractivity contribution in [3.8, 4) is 17.2 Å². The molecule has 0 unspecified atom stereocenters. The summed E-state index contributed by atoms with van der Waals surface area (Å²) in [7, 11) is 1.61. The molecule has 0 spiro atoms. The fraction of sp³-hybridized carbons (Fsp3) is 0.318. The van der Waals surface area contributed by atoms with Crippen molar-refractivity contribution in [1.82, 2.24) is 0 Å². The average molecular weight is 370 g/mol. The van der Waals surface area contributed by atoms with Crippen LogP contribution in [0, 0.1) is 0 Å². The van der Waals surface area contributed by atoms with E-state index in [1.54, 1.807) is 13.2 Å². The van der Waals surface area contributed by atoms with Crippen molar-refractivity contribution in [2.45, 2.75) is 39.4 Å². The van der Waals surface area contributed by atoms with Crippen molar-refractivity contribution < 1.29 is 24.5 Å². The minimum absolute atomic E-state index is 0.0353. The van der Waals surface area contributed by atoms with Gasteiger partial charge in [0.2, 0.25) is 0 Å². The maximum absolute atomic E-state index is 11.6. The summed E-state index contributed by atoms with van der Waals surface area (Å²) in [6, 6.07) is 7.50. The minimum atomic E-state index is -0.399. The van der Waals surface area contributed by atoms with Gasteiger partial charge >= 0.3 is 0 Å². The Morgan fingerprint density at radius 2 is 1.74 bits per heavy atom. The number of carbonyl (C=O) groups excluding carboxylic acids is 1. The van der Waals surface area contributed by atoms with Crippen LogP contribution in [0.25, 0.3) is 0 Å². The number of hydrogen-bond acceptors (Lipinski definition) is 5. The fourth-order valence-electron chi connectivity index (χ4n) is 3.15. The molecule has 0 bridgehead atoms. The van der Waals surface area contributed by atoms with Gasteiger partial charge in [-0.2, -0.15) is 0 Å². The lowest BCUT2D eigenvalue weighted by Crippen LogP contribution is -2.08. The maximum Gasteiger partial charge on any atom is 0.168 e. The predicted molar refractivity (Wildman–Crippen MR) is 105 cm³/mol. The maximum atomic E-state index is 11.6. The van der Waals surface area contributed by atoms with Gasteiger partial charge in [-0.15, -0.1) is 6.58 Å². The molecular formula is C22H26O5. The Labute approximate surface area is 159 Å². The smallest absolute Gasteiger partial charge is 0.168 e. The number of hydrogen-bond donors (Lipinski definition) is 2. The fourth-order valence-corrected chi connectivity index (χ4v) is 3.15.